The Bertz CT molecular complexity index is 1800. The molecule has 0 amide bonds. The number of carboxylic acids is 1. The SMILES string of the molecule is C[C@@](O)(c1ccc(-c2nc(C34CCC(C(=O)O)(CC3(F)F)C(F)(F)C4)n3ccnc(N)c23)cc1)c1cccc(C(F)(F)F)c1. The predicted octanol–water partition coefficient (Wildman–Crippen LogP) is 6.42. The average molecular weight is 623 g/mol. The first-order chi connectivity index (χ1) is 20.4. The molecule has 3 fully saturated rings. The predicted molar refractivity (Wildman–Crippen MR) is 143 cm³/mol. The first-order valence-corrected chi connectivity index (χ1v) is 13.5. The number of aliphatic carboxylic acids is 1. The molecule has 0 radical (unpaired) electrons. The number of nitrogen functional groups attached to an aromatic ring is 1. The van der Waals surface area contributed by atoms with Crippen molar-refractivity contribution >= 4 is 17.3 Å². The summed E-state index contributed by atoms with van der Waals surface area (Å²) >= 11 is 0. The lowest BCUT2D eigenvalue weighted by Crippen LogP contribution is -2.69. The van der Waals surface area contributed by atoms with Crippen LogP contribution in [0, 0.1) is 5.41 Å². The number of carboxylic acid groups (broad SMARTS) is 1. The van der Waals surface area contributed by atoms with Crippen LogP contribution in [0.2, 0.25) is 0 Å². The third-order valence-corrected chi connectivity index (χ3v) is 9.32. The standard InChI is InChI=1S/C30H25F7N4O3/c1-25(44,18-3-2-4-19(13-18)30(35,36)37)17-7-5-16(6-8-17)20-21-22(38)39-11-12-41(21)23(40-20)26-9-10-27(24(42)43,15-28(26,31)32)29(33,34)14-26/h2-8,11-13,44H,9-10,14-15H2,1H3,(H2,38,39)(H,42,43)/t25-,26?,27?/m1/s1. The summed E-state index contributed by atoms with van der Waals surface area (Å²) in [7, 11) is 0. The first-order valence-electron chi connectivity index (χ1n) is 13.5. The average Bonchev–Trinajstić information content (AvgIpc) is 3.34. The number of hydrogen-bond acceptors (Lipinski definition) is 5. The third kappa shape index (κ3) is 4.02. The minimum absolute atomic E-state index is 0.0185. The van der Waals surface area contributed by atoms with Gasteiger partial charge in [0.1, 0.15) is 33.9 Å². The Kier molecular flexibility index (Phi) is 6.21. The van der Waals surface area contributed by atoms with Gasteiger partial charge in [-0.05, 0) is 43.0 Å². The number of hydrogen-bond donors (Lipinski definition) is 3. The topological polar surface area (TPSA) is 114 Å². The zero-order valence-electron chi connectivity index (χ0n) is 23.0. The number of benzene rings is 2. The fourth-order valence-electron chi connectivity index (χ4n) is 6.74. The number of aliphatic hydroxyl groups is 1. The van der Waals surface area contributed by atoms with Gasteiger partial charge in [-0.25, -0.2) is 27.5 Å². The van der Waals surface area contributed by atoms with Crippen molar-refractivity contribution in [3.63, 3.8) is 0 Å². The Hall–Kier alpha value is -4.20. The molecule has 14 heteroatoms. The third-order valence-electron chi connectivity index (χ3n) is 9.32. The monoisotopic (exact) mass is 622 g/mol. The number of nitrogens with two attached hydrogens (primary N) is 1. The van der Waals surface area contributed by atoms with E-state index in [1.807, 2.05) is 0 Å². The molecular formula is C30H25F7N4O3. The Morgan fingerprint density at radius 1 is 0.955 bits per heavy atom. The molecule has 3 aliphatic carbocycles. The van der Waals surface area contributed by atoms with Gasteiger partial charge in [-0.3, -0.25) is 9.20 Å². The van der Waals surface area contributed by atoms with E-state index in [9.17, 15) is 28.2 Å². The quantitative estimate of drug-likeness (QED) is 0.222. The lowest BCUT2D eigenvalue weighted by molar-refractivity contribution is -0.282. The molecule has 2 aromatic carbocycles. The molecule has 4 N–H and O–H groups in total. The second kappa shape index (κ2) is 9.16. The van der Waals surface area contributed by atoms with Crippen molar-refractivity contribution in [1.29, 1.82) is 0 Å². The summed E-state index contributed by atoms with van der Waals surface area (Å²) in [4.78, 5) is 20.3. The summed E-state index contributed by atoms with van der Waals surface area (Å²) in [5.74, 6) is -10.4. The Labute approximate surface area is 245 Å². The number of fused-ring (bicyclic) bond motifs is 4. The number of halogens is 7. The first kappa shape index (κ1) is 29.9. The number of imidazole rings is 1. The van der Waals surface area contributed by atoms with E-state index >= 15 is 17.6 Å². The molecule has 7 nitrogen and oxygen atoms in total. The zero-order chi connectivity index (χ0) is 32.1. The second-order valence-corrected chi connectivity index (χ2v) is 11.8. The van der Waals surface area contributed by atoms with E-state index in [-0.39, 0.29) is 33.7 Å². The highest BCUT2D eigenvalue weighted by molar-refractivity contribution is 5.86. The number of rotatable bonds is 5. The van der Waals surface area contributed by atoms with Crippen LogP contribution >= 0.6 is 0 Å². The molecule has 0 spiro atoms. The lowest BCUT2D eigenvalue weighted by atomic mass is 9.49. The molecular weight excluding hydrogens is 597 g/mol. The minimum Gasteiger partial charge on any atom is -0.481 e. The van der Waals surface area contributed by atoms with Crippen LogP contribution in [0.1, 0.15) is 55.1 Å². The van der Waals surface area contributed by atoms with E-state index in [0.29, 0.717) is 0 Å². The molecule has 0 saturated heterocycles. The number of nitrogens with zero attached hydrogens (tertiary/aromatic N) is 3. The van der Waals surface area contributed by atoms with Gasteiger partial charge in [-0.15, -0.1) is 0 Å². The van der Waals surface area contributed by atoms with Crippen molar-refractivity contribution in [2.24, 2.45) is 5.41 Å². The molecule has 232 valence electrons. The molecule has 2 bridgehead atoms. The van der Waals surface area contributed by atoms with Gasteiger partial charge >= 0.3 is 12.1 Å². The number of alkyl halides is 7. The zero-order valence-corrected chi connectivity index (χ0v) is 23.0. The van der Waals surface area contributed by atoms with Crippen LogP contribution in [0.25, 0.3) is 16.8 Å². The summed E-state index contributed by atoms with van der Waals surface area (Å²) in [5, 5.41) is 20.8. The minimum atomic E-state index is -4.63. The van der Waals surface area contributed by atoms with E-state index in [4.69, 9.17) is 5.73 Å². The summed E-state index contributed by atoms with van der Waals surface area (Å²) in [6.45, 7) is 1.31. The Morgan fingerprint density at radius 2 is 1.61 bits per heavy atom. The maximum atomic E-state index is 15.9. The molecule has 2 aromatic heterocycles. The van der Waals surface area contributed by atoms with Crippen molar-refractivity contribution in [3.8, 4) is 11.3 Å². The summed E-state index contributed by atoms with van der Waals surface area (Å²) < 4.78 is 104. The number of carbonyl (C=O) groups is 1. The van der Waals surface area contributed by atoms with Gasteiger partial charge in [0, 0.05) is 30.8 Å². The molecule has 3 saturated carbocycles. The molecule has 44 heavy (non-hydrogen) atoms. The van der Waals surface area contributed by atoms with Crippen molar-refractivity contribution in [1.82, 2.24) is 14.4 Å². The summed E-state index contributed by atoms with van der Waals surface area (Å²) in [6, 6.07) is 9.93. The molecule has 4 aromatic rings. The van der Waals surface area contributed by atoms with Crippen LogP contribution in [-0.4, -0.2) is 42.4 Å². The van der Waals surface area contributed by atoms with Crippen molar-refractivity contribution in [2.45, 2.75) is 61.6 Å². The van der Waals surface area contributed by atoms with Gasteiger partial charge < -0.3 is 15.9 Å². The smallest absolute Gasteiger partial charge is 0.416 e. The van der Waals surface area contributed by atoms with Crippen LogP contribution < -0.4 is 5.73 Å². The van der Waals surface area contributed by atoms with Crippen molar-refractivity contribution in [3.05, 3.63) is 83.4 Å². The van der Waals surface area contributed by atoms with Gasteiger partial charge in [-0.2, -0.15) is 13.2 Å². The van der Waals surface area contributed by atoms with Crippen LogP contribution in [0.4, 0.5) is 36.6 Å². The van der Waals surface area contributed by atoms with E-state index in [1.54, 1.807) is 0 Å². The van der Waals surface area contributed by atoms with Gasteiger partial charge in [0.05, 0.1) is 11.0 Å². The molecule has 3 atom stereocenters. The molecule has 3 aliphatic rings. The van der Waals surface area contributed by atoms with Gasteiger partial charge in [0.2, 0.25) is 0 Å². The lowest BCUT2D eigenvalue weighted by Gasteiger charge is -2.57. The van der Waals surface area contributed by atoms with Gasteiger partial charge in [0.15, 0.2) is 0 Å². The van der Waals surface area contributed by atoms with Gasteiger partial charge in [-0.1, -0.05) is 36.4 Å². The molecule has 0 aliphatic heterocycles. The van der Waals surface area contributed by atoms with Crippen LogP contribution in [0.15, 0.2) is 60.9 Å². The number of anilines is 1. The van der Waals surface area contributed by atoms with Crippen molar-refractivity contribution in [2.75, 3.05) is 5.73 Å². The fraction of sp³-hybridized carbons (Fsp3) is 0.367. The highest BCUT2D eigenvalue weighted by Crippen LogP contribution is 2.69. The van der Waals surface area contributed by atoms with E-state index < -0.39 is 77.5 Å². The highest BCUT2D eigenvalue weighted by Gasteiger charge is 2.79. The Balaban J connectivity index is 1.46. The second-order valence-electron chi connectivity index (χ2n) is 11.8. The van der Waals surface area contributed by atoms with E-state index in [2.05, 4.69) is 9.97 Å². The summed E-state index contributed by atoms with van der Waals surface area (Å²) in [5.41, 5.74) is -1.60. The normalized spacial score (nSPS) is 25.6. The van der Waals surface area contributed by atoms with Crippen molar-refractivity contribution < 1.29 is 45.7 Å². The molecule has 2 unspecified atom stereocenters. The van der Waals surface area contributed by atoms with E-state index in [0.717, 1.165) is 12.1 Å². The molecule has 7 rings (SSSR count). The van der Waals surface area contributed by atoms with Gasteiger partial charge in [0.25, 0.3) is 11.8 Å². The van der Waals surface area contributed by atoms with Crippen LogP contribution in [-0.2, 0) is 22.0 Å². The maximum absolute atomic E-state index is 15.9. The van der Waals surface area contributed by atoms with Crippen LogP contribution in [0.3, 0.4) is 0 Å². The maximum Gasteiger partial charge on any atom is 0.416 e. The highest BCUT2D eigenvalue weighted by atomic mass is 19.4. The Morgan fingerprint density at radius 3 is 2.20 bits per heavy atom. The van der Waals surface area contributed by atoms with E-state index in [1.165, 1.54) is 60.1 Å². The number of aromatic nitrogens is 3. The molecule has 2 heterocycles. The fourth-order valence-corrected chi connectivity index (χ4v) is 6.74. The van der Waals surface area contributed by atoms with Crippen LogP contribution in [0.5, 0.6) is 0 Å². The largest absolute Gasteiger partial charge is 0.481 e. The summed E-state index contributed by atoms with van der Waals surface area (Å²) in [6.07, 6.45) is -6.43.